The summed E-state index contributed by atoms with van der Waals surface area (Å²) in [4.78, 5) is 37.4. The van der Waals surface area contributed by atoms with Crippen molar-refractivity contribution in [1.29, 1.82) is 0 Å². The van der Waals surface area contributed by atoms with Crippen molar-refractivity contribution in [3.05, 3.63) is 78.4 Å². The molecule has 172 valence electrons. The van der Waals surface area contributed by atoms with Gasteiger partial charge in [0.2, 0.25) is 21.8 Å². The van der Waals surface area contributed by atoms with Gasteiger partial charge in [-0.2, -0.15) is 4.72 Å². The SMILES string of the molecule is CN(C(=O)[C@H](CC(N)=O)NS(=O)(=O)c1ccc2ccccc2c1)C(C(=O)O)c1ccccc1. The van der Waals surface area contributed by atoms with Gasteiger partial charge in [0, 0.05) is 7.05 Å². The molecule has 0 bridgehead atoms. The highest BCUT2D eigenvalue weighted by atomic mass is 32.2. The van der Waals surface area contributed by atoms with Crippen LogP contribution in [0.2, 0.25) is 0 Å². The fraction of sp³-hybridized carbons (Fsp3) is 0.174. The highest BCUT2D eigenvalue weighted by Gasteiger charge is 2.35. The molecule has 0 saturated heterocycles. The van der Waals surface area contributed by atoms with Crippen LogP contribution >= 0.6 is 0 Å². The topological polar surface area (TPSA) is 147 Å². The summed E-state index contributed by atoms with van der Waals surface area (Å²) in [7, 11) is -3.01. The molecule has 9 nitrogen and oxygen atoms in total. The average molecular weight is 470 g/mol. The number of hydrogen-bond acceptors (Lipinski definition) is 5. The fourth-order valence-corrected chi connectivity index (χ4v) is 4.73. The van der Waals surface area contributed by atoms with Gasteiger partial charge in [-0.3, -0.25) is 9.59 Å². The number of nitrogens with two attached hydrogens (primary N) is 1. The van der Waals surface area contributed by atoms with E-state index in [-0.39, 0.29) is 4.90 Å². The summed E-state index contributed by atoms with van der Waals surface area (Å²) in [6.07, 6.45) is -0.642. The van der Waals surface area contributed by atoms with Gasteiger partial charge in [0.1, 0.15) is 6.04 Å². The molecular formula is C23H23N3O6S. The average Bonchev–Trinajstić information content (AvgIpc) is 2.78. The van der Waals surface area contributed by atoms with E-state index in [9.17, 15) is 27.9 Å². The van der Waals surface area contributed by atoms with Gasteiger partial charge < -0.3 is 15.7 Å². The monoisotopic (exact) mass is 469 g/mol. The molecule has 4 N–H and O–H groups in total. The van der Waals surface area contributed by atoms with Crippen LogP contribution in [-0.4, -0.2) is 49.3 Å². The van der Waals surface area contributed by atoms with Crippen LogP contribution in [0.25, 0.3) is 10.8 Å². The maximum Gasteiger partial charge on any atom is 0.331 e. The Hall–Kier alpha value is -3.76. The minimum atomic E-state index is -4.24. The van der Waals surface area contributed by atoms with E-state index >= 15 is 0 Å². The third-order valence-corrected chi connectivity index (χ3v) is 6.59. The lowest BCUT2D eigenvalue weighted by Gasteiger charge is -2.29. The lowest BCUT2D eigenvalue weighted by atomic mass is 10.0. The van der Waals surface area contributed by atoms with Crippen LogP contribution in [0, 0.1) is 0 Å². The van der Waals surface area contributed by atoms with Gasteiger partial charge in [0.05, 0.1) is 11.3 Å². The summed E-state index contributed by atoms with van der Waals surface area (Å²) < 4.78 is 28.3. The number of primary amides is 1. The van der Waals surface area contributed by atoms with Crippen molar-refractivity contribution < 1.29 is 27.9 Å². The number of carboxylic acids is 1. The molecule has 0 radical (unpaired) electrons. The van der Waals surface area contributed by atoms with E-state index in [1.807, 2.05) is 12.1 Å². The summed E-state index contributed by atoms with van der Waals surface area (Å²) in [6.45, 7) is 0. The maximum absolute atomic E-state index is 13.1. The van der Waals surface area contributed by atoms with Gasteiger partial charge in [0.15, 0.2) is 6.04 Å². The fourth-order valence-electron chi connectivity index (χ4n) is 3.51. The second-order valence-electron chi connectivity index (χ2n) is 7.45. The van der Waals surface area contributed by atoms with Crippen molar-refractivity contribution in [3.63, 3.8) is 0 Å². The summed E-state index contributed by atoms with van der Waals surface area (Å²) in [5.74, 6) is -3.14. The maximum atomic E-state index is 13.1. The Labute approximate surface area is 190 Å². The van der Waals surface area contributed by atoms with E-state index in [4.69, 9.17) is 5.73 Å². The van der Waals surface area contributed by atoms with Crippen molar-refractivity contribution in [2.75, 3.05) is 7.05 Å². The quantitative estimate of drug-likeness (QED) is 0.434. The summed E-state index contributed by atoms with van der Waals surface area (Å²) in [6, 6.07) is 16.6. The van der Waals surface area contributed by atoms with Crippen LogP contribution in [0.15, 0.2) is 77.7 Å². The number of sulfonamides is 1. The summed E-state index contributed by atoms with van der Waals surface area (Å²) >= 11 is 0. The summed E-state index contributed by atoms with van der Waals surface area (Å²) in [5.41, 5.74) is 5.57. The number of fused-ring (bicyclic) bond motifs is 1. The molecule has 2 amide bonds. The van der Waals surface area contributed by atoms with E-state index in [0.29, 0.717) is 10.9 Å². The van der Waals surface area contributed by atoms with Crippen LogP contribution in [0.3, 0.4) is 0 Å². The van der Waals surface area contributed by atoms with E-state index < -0.39 is 46.3 Å². The highest BCUT2D eigenvalue weighted by molar-refractivity contribution is 7.89. The predicted octanol–water partition coefficient (Wildman–Crippen LogP) is 1.65. The van der Waals surface area contributed by atoms with Crippen molar-refractivity contribution >= 4 is 38.6 Å². The first kappa shape index (κ1) is 23.9. The van der Waals surface area contributed by atoms with E-state index in [2.05, 4.69) is 4.72 Å². The van der Waals surface area contributed by atoms with Gasteiger partial charge >= 0.3 is 5.97 Å². The molecule has 0 saturated carbocycles. The normalized spacial score (nSPS) is 13.2. The minimum absolute atomic E-state index is 0.107. The first-order chi connectivity index (χ1) is 15.6. The van der Waals surface area contributed by atoms with Gasteiger partial charge in [-0.25, -0.2) is 13.2 Å². The van der Waals surface area contributed by atoms with Crippen LogP contribution < -0.4 is 10.5 Å². The largest absolute Gasteiger partial charge is 0.479 e. The molecule has 2 atom stereocenters. The predicted molar refractivity (Wildman–Crippen MR) is 121 cm³/mol. The van der Waals surface area contributed by atoms with Gasteiger partial charge in [-0.15, -0.1) is 0 Å². The molecule has 33 heavy (non-hydrogen) atoms. The molecule has 0 aliphatic rings. The Morgan fingerprint density at radius 2 is 1.58 bits per heavy atom. The second kappa shape index (κ2) is 9.80. The number of nitrogens with one attached hydrogen (secondary N) is 1. The molecule has 0 aliphatic heterocycles. The number of rotatable bonds is 9. The van der Waals surface area contributed by atoms with Crippen LogP contribution in [0.5, 0.6) is 0 Å². The number of carbonyl (C=O) groups is 3. The molecular weight excluding hydrogens is 446 g/mol. The van der Waals surface area contributed by atoms with Crippen molar-refractivity contribution in [2.45, 2.75) is 23.4 Å². The zero-order valence-electron chi connectivity index (χ0n) is 17.7. The van der Waals surface area contributed by atoms with Crippen molar-refractivity contribution in [3.8, 4) is 0 Å². The smallest absolute Gasteiger partial charge is 0.331 e. The first-order valence-electron chi connectivity index (χ1n) is 9.94. The number of hydrogen-bond donors (Lipinski definition) is 3. The zero-order chi connectivity index (χ0) is 24.2. The lowest BCUT2D eigenvalue weighted by Crippen LogP contribution is -2.50. The molecule has 0 aliphatic carbocycles. The Morgan fingerprint density at radius 1 is 0.970 bits per heavy atom. The number of benzene rings is 3. The summed E-state index contributed by atoms with van der Waals surface area (Å²) in [5, 5.41) is 11.2. The molecule has 0 heterocycles. The molecule has 1 unspecified atom stereocenters. The lowest BCUT2D eigenvalue weighted by molar-refractivity contribution is -0.150. The molecule has 3 aromatic carbocycles. The van der Waals surface area contributed by atoms with Crippen molar-refractivity contribution in [2.24, 2.45) is 5.73 Å². The standard InChI is InChI=1S/C23H23N3O6S/c1-26(21(23(29)30)16-8-3-2-4-9-16)22(28)19(14-20(24)27)25-33(31,32)18-12-11-15-7-5-6-10-17(15)13-18/h2-13,19,21,25H,14H2,1H3,(H2,24,27)(H,29,30)/t19-,21?/m0/s1. The molecule has 3 aromatic rings. The van der Waals surface area contributed by atoms with Crippen molar-refractivity contribution in [1.82, 2.24) is 9.62 Å². The second-order valence-corrected chi connectivity index (χ2v) is 9.17. The number of nitrogens with zero attached hydrogens (tertiary/aromatic N) is 1. The van der Waals surface area contributed by atoms with Gasteiger partial charge in [-0.1, -0.05) is 60.7 Å². The van der Waals surface area contributed by atoms with Crippen LogP contribution in [0.1, 0.15) is 18.0 Å². The number of likely N-dealkylation sites (N-methyl/N-ethyl adjacent to an activating group) is 1. The van der Waals surface area contributed by atoms with Gasteiger partial charge in [-0.05, 0) is 28.5 Å². The molecule has 10 heteroatoms. The Morgan fingerprint density at radius 3 is 2.18 bits per heavy atom. The first-order valence-corrected chi connectivity index (χ1v) is 11.4. The Kier molecular flexibility index (Phi) is 7.10. The highest BCUT2D eigenvalue weighted by Crippen LogP contribution is 2.23. The number of aliphatic carboxylic acids is 1. The minimum Gasteiger partial charge on any atom is -0.479 e. The third kappa shape index (κ3) is 5.54. The molecule has 0 aromatic heterocycles. The van der Waals surface area contributed by atoms with E-state index in [0.717, 1.165) is 10.3 Å². The number of carbonyl (C=O) groups excluding carboxylic acids is 2. The third-order valence-electron chi connectivity index (χ3n) is 5.12. The number of carboxylic acid groups (broad SMARTS) is 1. The molecule has 0 fully saturated rings. The van der Waals surface area contributed by atoms with Gasteiger partial charge in [0.25, 0.3) is 0 Å². The number of amides is 2. The van der Waals surface area contributed by atoms with Crippen LogP contribution in [0.4, 0.5) is 0 Å². The van der Waals surface area contributed by atoms with E-state index in [1.54, 1.807) is 36.4 Å². The molecule has 0 spiro atoms. The Balaban J connectivity index is 1.92. The Bertz CT molecular complexity index is 1290. The molecule has 3 rings (SSSR count). The van der Waals surface area contributed by atoms with E-state index in [1.165, 1.54) is 31.3 Å². The van der Waals surface area contributed by atoms with Crippen LogP contribution in [-0.2, 0) is 24.4 Å². The zero-order valence-corrected chi connectivity index (χ0v) is 18.5.